The molecule has 0 radical (unpaired) electrons. The lowest BCUT2D eigenvalue weighted by atomic mass is 9.88. The van der Waals surface area contributed by atoms with Crippen molar-refractivity contribution < 1.29 is 24.2 Å². The van der Waals surface area contributed by atoms with E-state index in [1.54, 1.807) is 26.4 Å². The molecule has 6 nitrogen and oxygen atoms in total. The van der Waals surface area contributed by atoms with Crippen molar-refractivity contribution in [1.82, 2.24) is 4.90 Å². The van der Waals surface area contributed by atoms with E-state index in [-0.39, 0.29) is 17.9 Å². The average molecular weight is 421 g/mol. The molecule has 31 heavy (non-hydrogen) atoms. The van der Waals surface area contributed by atoms with Gasteiger partial charge < -0.3 is 19.5 Å². The smallest absolute Gasteiger partial charge is 0.295 e. The van der Waals surface area contributed by atoms with Gasteiger partial charge >= 0.3 is 0 Å². The van der Waals surface area contributed by atoms with Gasteiger partial charge in [0.25, 0.3) is 11.7 Å². The highest BCUT2D eigenvalue weighted by Crippen LogP contribution is 2.40. The topological polar surface area (TPSA) is 76.1 Å². The summed E-state index contributed by atoms with van der Waals surface area (Å²) < 4.78 is 10.4. The Morgan fingerprint density at radius 2 is 1.74 bits per heavy atom. The van der Waals surface area contributed by atoms with Crippen LogP contribution in [-0.4, -0.2) is 49.1 Å². The van der Waals surface area contributed by atoms with Gasteiger partial charge in [0.15, 0.2) is 0 Å². The molecule has 1 saturated heterocycles. The summed E-state index contributed by atoms with van der Waals surface area (Å²) in [7, 11) is 3.13. The van der Waals surface area contributed by atoms with Crippen molar-refractivity contribution in [1.29, 1.82) is 0 Å². The van der Waals surface area contributed by atoms with Crippen molar-refractivity contribution in [3.63, 3.8) is 0 Å². The second-order valence-corrected chi connectivity index (χ2v) is 7.95. The largest absolute Gasteiger partial charge is 0.507 e. The van der Waals surface area contributed by atoms with Crippen LogP contribution in [0.2, 0.25) is 0 Å². The van der Waals surface area contributed by atoms with E-state index in [0.717, 1.165) is 24.8 Å². The number of aryl methyl sites for hydroxylation is 2. The van der Waals surface area contributed by atoms with Crippen LogP contribution in [0, 0.1) is 0 Å². The van der Waals surface area contributed by atoms with Gasteiger partial charge in [-0.3, -0.25) is 9.59 Å². The van der Waals surface area contributed by atoms with Crippen LogP contribution in [0.25, 0.3) is 5.76 Å². The lowest BCUT2D eigenvalue weighted by molar-refractivity contribution is -0.140. The Labute approximate surface area is 182 Å². The molecule has 1 fully saturated rings. The van der Waals surface area contributed by atoms with Crippen LogP contribution in [0.5, 0.6) is 5.75 Å². The van der Waals surface area contributed by atoms with Gasteiger partial charge in [0.2, 0.25) is 0 Å². The zero-order valence-corrected chi connectivity index (χ0v) is 17.9. The van der Waals surface area contributed by atoms with E-state index < -0.39 is 17.7 Å². The summed E-state index contributed by atoms with van der Waals surface area (Å²) in [5.41, 5.74) is 3.90. The van der Waals surface area contributed by atoms with Crippen LogP contribution in [0.15, 0.2) is 48.0 Å². The predicted molar refractivity (Wildman–Crippen MR) is 117 cm³/mol. The Hall–Kier alpha value is -3.12. The van der Waals surface area contributed by atoms with Gasteiger partial charge in [-0.05, 0) is 60.6 Å². The summed E-state index contributed by atoms with van der Waals surface area (Å²) in [5, 5.41) is 11.2. The molecule has 1 unspecified atom stereocenters. The second kappa shape index (κ2) is 8.94. The molecule has 2 aromatic rings. The molecule has 1 aliphatic heterocycles. The molecule has 2 aromatic carbocycles. The number of ketones is 1. The maximum absolute atomic E-state index is 13.0. The molecule has 1 N–H and O–H groups in total. The third-order valence-electron chi connectivity index (χ3n) is 6.13. The molecule has 0 aromatic heterocycles. The van der Waals surface area contributed by atoms with E-state index in [4.69, 9.17) is 9.47 Å². The number of ether oxygens (including phenoxy) is 2. The van der Waals surface area contributed by atoms with E-state index in [9.17, 15) is 14.7 Å². The Morgan fingerprint density at radius 3 is 2.42 bits per heavy atom. The van der Waals surface area contributed by atoms with E-state index in [1.807, 2.05) is 30.3 Å². The fraction of sp³-hybridized carbons (Fsp3) is 0.360. The number of amides is 1. The van der Waals surface area contributed by atoms with Crippen molar-refractivity contribution in [2.45, 2.75) is 31.7 Å². The summed E-state index contributed by atoms with van der Waals surface area (Å²) in [6.07, 6.45) is 4.27. The molecular formula is C25H27NO5. The first kappa shape index (κ1) is 21.1. The zero-order chi connectivity index (χ0) is 22.0. The fourth-order valence-electron chi connectivity index (χ4n) is 4.47. The first-order valence-corrected chi connectivity index (χ1v) is 10.6. The number of hydrogen-bond acceptors (Lipinski definition) is 5. The standard InChI is InChI=1S/C25H27NO5/c1-30-14-13-26-22(17-9-11-20(31-2)12-10-17)21(24(28)25(26)29)23(27)19-8-7-16-5-3-4-6-18(16)15-19/h7-12,15,22,27H,3-6,13-14H2,1-2H3/b23-21-. The predicted octanol–water partition coefficient (Wildman–Crippen LogP) is 3.64. The van der Waals surface area contributed by atoms with E-state index in [0.29, 0.717) is 17.9 Å². The minimum Gasteiger partial charge on any atom is -0.507 e. The van der Waals surface area contributed by atoms with E-state index in [2.05, 4.69) is 0 Å². The molecule has 2 aliphatic rings. The van der Waals surface area contributed by atoms with Crippen molar-refractivity contribution >= 4 is 17.4 Å². The van der Waals surface area contributed by atoms with Gasteiger partial charge in [-0.25, -0.2) is 0 Å². The number of rotatable bonds is 6. The maximum atomic E-state index is 13.0. The molecule has 0 bridgehead atoms. The number of fused-ring (bicyclic) bond motifs is 1. The summed E-state index contributed by atoms with van der Waals surface area (Å²) in [6, 6.07) is 12.3. The normalized spacial score (nSPS) is 20.1. The van der Waals surface area contributed by atoms with Crippen molar-refractivity contribution in [3.8, 4) is 5.75 Å². The average Bonchev–Trinajstić information content (AvgIpc) is 3.06. The van der Waals surface area contributed by atoms with Crippen LogP contribution in [0.4, 0.5) is 0 Å². The first-order chi connectivity index (χ1) is 15.0. The molecule has 0 spiro atoms. The van der Waals surface area contributed by atoms with Gasteiger partial charge in [-0.15, -0.1) is 0 Å². The maximum Gasteiger partial charge on any atom is 0.295 e. The summed E-state index contributed by atoms with van der Waals surface area (Å²) in [4.78, 5) is 27.3. The van der Waals surface area contributed by atoms with Crippen LogP contribution in [0.3, 0.4) is 0 Å². The quantitative estimate of drug-likeness (QED) is 0.438. The Kier molecular flexibility index (Phi) is 6.09. The summed E-state index contributed by atoms with van der Waals surface area (Å²) >= 11 is 0. The number of Topliss-reactive ketones (excluding diaryl/α,β-unsaturated/α-hetero) is 1. The highest BCUT2D eigenvalue weighted by Gasteiger charge is 2.45. The number of hydrogen-bond donors (Lipinski definition) is 1. The van der Waals surface area contributed by atoms with Gasteiger partial charge in [0, 0.05) is 19.2 Å². The number of carbonyl (C=O) groups is 2. The molecule has 1 atom stereocenters. The van der Waals surface area contributed by atoms with E-state index >= 15 is 0 Å². The Bertz CT molecular complexity index is 1020. The van der Waals surface area contributed by atoms with Crippen LogP contribution < -0.4 is 4.74 Å². The van der Waals surface area contributed by atoms with Crippen LogP contribution >= 0.6 is 0 Å². The van der Waals surface area contributed by atoms with Gasteiger partial charge in [-0.1, -0.05) is 24.3 Å². The molecule has 162 valence electrons. The molecule has 6 heteroatoms. The summed E-state index contributed by atoms with van der Waals surface area (Å²) in [6.45, 7) is 0.539. The molecule has 1 aliphatic carbocycles. The van der Waals surface area contributed by atoms with Gasteiger partial charge in [0.1, 0.15) is 11.5 Å². The minimum absolute atomic E-state index is 0.113. The lowest BCUT2D eigenvalue weighted by Crippen LogP contribution is -2.32. The second-order valence-electron chi connectivity index (χ2n) is 7.95. The SMILES string of the molecule is COCCN1C(=O)C(=O)/C(=C(\O)c2ccc3c(c2)CCCC3)C1c1ccc(OC)cc1. The zero-order valence-electron chi connectivity index (χ0n) is 17.9. The van der Waals surface area contributed by atoms with Crippen molar-refractivity contribution in [2.24, 2.45) is 0 Å². The first-order valence-electron chi connectivity index (χ1n) is 10.6. The number of carbonyl (C=O) groups excluding carboxylic acids is 2. The monoisotopic (exact) mass is 421 g/mol. The number of methoxy groups -OCH3 is 2. The highest BCUT2D eigenvalue weighted by atomic mass is 16.5. The molecule has 1 heterocycles. The molecule has 0 saturated carbocycles. The number of nitrogens with zero attached hydrogens (tertiary/aromatic N) is 1. The van der Waals surface area contributed by atoms with Crippen LogP contribution in [-0.2, 0) is 27.2 Å². The number of aliphatic hydroxyl groups is 1. The molecule has 4 rings (SSSR count). The van der Waals surface area contributed by atoms with Crippen LogP contribution in [0.1, 0.15) is 41.1 Å². The summed E-state index contributed by atoms with van der Waals surface area (Å²) in [5.74, 6) is -0.760. The third kappa shape index (κ3) is 3.95. The number of likely N-dealkylation sites (tertiary alicyclic amines) is 1. The highest BCUT2D eigenvalue weighted by molar-refractivity contribution is 6.46. The fourth-order valence-corrected chi connectivity index (χ4v) is 4.47. The minimum atomic E-state index is -0.683. The van der Waals surface area contributed by atoms with Crippen molar-refractivity contribution in [2.75, 3.05) is 27.4 Å². The van der Waals surface area contributed by atoms with E-state index in [1.165, 1.54) is 22.4 Å². The Morgan fingerprint density at radius 1 is 1.03 bits per heavy atom. The third-order valence-corrected chi connectivity index (χ3v) is 6.13. The molecular weight excluding hydrogens is 394 g/mol. The molecule has 1 amide bonds. The number of aliphatic hydroxyl groups excluding tert-OH is 1. The van der Waals surface area contributed by atoms with Crippen molar-refractivity contribution in [3.05, 3.63) is 70.3 Å². The Balaban J connectivity index is 1.81. The lowest BCUT2D eigenvalue weighted by Gasteiger charge is -2.25. The van der Waals surface area contributed by atoms with Gasteiger partial charge in [0.05, 0.1) is 25.3 Å². The van der Waals surface area contributed by atoms with Gasteiger partial charge in [-0.2, -0.15) is 0 Å². The number of benzene rings is 2.